The smallest absolute Gasteiger partial charge is 0.387 e. The number of aliphatic hydroxyl groups excluding tert-OH is 1. The van der Waals surface area contributed by atoms with E-state index >= 15 is 0 Å². The van der Waals surface area contributed by atoms with E-state index in [4.69, 9.17) is 35.3 Å². The summed E-state index contributed by atoms with van der Waals surface area (Å²) in [6.07, 6.45) is -2.94. The van der Waals surface area contributed by atoms with Crippen LogP contribution in [0.25, 0.3) is 0 Å². The van der Waals surface area contributed by atoms with Gasteiger partial charge in [0.1, 0.15) is 31.4 Å². The fourth-order valence-corrected chi connectivity index (χ4v) is 6.25. The van der Waals surface area contributed by atoms with E-state index < -0.39 is 51.0 Å². The number of imidazole rings is 1. The molecule has 0 saturated carbocycles. The van der Waals surface area contributed by atoms with Crippen LogP contribution in [-0.4, -0.2) is 75.7 Å². The number of halogens is 1. The molecule has 2 saturated heterocycles. The molecule has 34 heavy (non-hydrogen) atoms. The molecule has 0 aliphatic carbocycles. The first-order valence-corrected chi connectivity index (χ1v) is 15.0. The van der Waals surface area contributed by atoms with Crippen LogP contribution in [0.15, 0.2) is 6.33 Å². The van der Waals surface area contributed by atoms with Crippen LogP contribution in [0, 0.1) is 56.0 Å². The molecule has 16 heteroatoms. The zero-order valence-corrected chi connectivity index (χ0v) is 25.9. The number of nitrogens with one attached hydrogen (secondary N) is 2. The number of aromatic nitrogens is 2. The molecule has 11 nitrogen and oxygen atoms in total. The van der Waals surface area contributed by atoms with Crippen LogP contribution in [-0.2, 0) is 30.1 Å². The molecule has 2 fully saturated rings. The van der Waals surface area contributed by atoms with Gasteiger partial charge >= 0.3 is 37.8 Å². The molecule has 4 N–H and O–H groups in total. The normalized spacial score (nSPS) is 38.1. The Kier molecular flexibility index (Phi) is 11.1. The molecule has 2 unspecified atom stereocenters. The van der Waals surface area contributed by atoms with Crippen LogP contribution in [0.5, 0.6) is 0 Å². The Morgan fingerprint density at radius 2 is 2.21 bits per heavy atom. The van der Waals surface area contributed by atoms with Gasteiger partial charge in [-0.1, -0.05) is 6.10 Å². The van der Waals surface area contributed by atoms with Gasteiger partial charge in [-0.2, -0.15) is 6.92 Å². The number of nitrogens with zero attached hydrogens (tertiary/aromatic N) is 2. The van der Waals surface area contributed by atoms with E-state index in [0.29, 0.717) is 5.69 Å². The number of carbonyl (C=O) groups excluding carboxylic acids is 1. The fraction of sp³-hybridized carbons (Fsp3) is 0.667. The molecule has 0 radical (unpaired) electrons. The first kappa shape index (κ1) is 30.7. The first-order valence-electron chi connectivity index (χ1n) is 10.2. The molecule has 190 valence electrons. The minimum Gasteiger partial charge on any atom is -0.387 e. The predicted octanol–water partition coefficient (Wildman–Crippen LogP) is 2.27. The number of ether oxygens (including phenoxy) is 1. The van der Waals surface area contributed by atoms with Gasteiger partial charge in [0, 0.05) is 19.3 Å². The van der Waals surface area contributed by atoms with Crippen molar-refractivity contribution < 1.29 is 68.6 Å². The molecular formula is C18H29FN4O7P2SU. The summed E-state index contributed by atoms with van der Waals surface area (Å²) in [5.74, 6) is -0.234. The second-order valence-electron chi connectivity index (χ2n) is 7.90. The van der Waals surface area contributed by atoms with Crippen molar-refractivity contribution in [3.63, 3.8) is 0 Å². The number of rotatable bonds is 4. The summed E-state index contributed by atoms with van der Waals surface area (Å²) in [5, 5.41) is 22.4. The van der Waals surface area contributed by atoms with Crippen molar-refractivity contribution in [2.45, 2.75) is 57.6 Å². The number of fused-ring (bicyclic) bond motifs is 2. The molecule has 0 spiro atoms. The van der Waals surface area contributed by atoms with Crippen molar-refractivity contribution in [2.24, 2.45) is 0 Å². The van der Waals surface area contributed by atoms with Crippen LogP contribution in [0.2, 0.25) is 0 Å². The Morgan fingerprint density at radius 1 is 1.53 bits per heavy atom. The number of Topliss-reactive ketones (excluding diaryl/α,β-unsaturated/α-hetero) is 1. The zero-order chi connectivity index (χ0) is 24.6. The van der Waals surface area contributed by atoms with Gasteiger partial charge in [-0.3, -0.25) is 32.3 Å². The molecule has 2 bridgehead atoms. The number of hydrogen-bond donors (Lipinski definition) is 4. The van der Waals surface area contributed by atoms with E-state index in [0.717, 1.165) is 0 Å². The Balaban J connectivity index is 0.00000408. The second-order valence-corrected chi connectivity index (χ2v) is 13.1. The Morgan fingerprint density at radius 3 is 2.79 bits per heavy atom. The van der Waals surface area contributed by atoms with Crippen molar-refractivity contribution in [1.82, 2.24) is 14.6 Å². The van der Waals surface area contributed by atoms with Crippen molar-refractivity contribution in [3.8, 4) is 0 Å². The van der Waals surface area contributed by atoms with Gasteiger partial charge in [-0.05, 0) is 24.9 Å². The van der Waals surface area contributed by atoms with Crippen molar-refractivity contribution in [1.29, 1.82) is 5.16 Å². The molecule has 3 rings (SSSR count). The summed E-state index contributed by atoms with van der Waals surface area (Å²) >= 11 is 5.03. The van der Waals surface area contributed by atoms with E-state index in [2.05, 4.69) is 10.1 Å². The minimum atomic E-state index is -3.90. The van der Waals surface area contributed by atoms with Gasteiger partial charge in [0.15, 0.2) is 12.0 Å². The summed E-state index contributed by atoms with van der Waals surface area (Å²) in [4.78, 5) is 26.4. The van der Waals surface area contributed by atoms with Crippen molar-refractivity contribution in [3.05, 3.63) is 30.6 Å². The molecule has 8 atom stereocenters. The van der Waals surface area contributed by atoms with E-state index in [1.54, 1.807) is 11.5 Å². The number of carbonyl (C=O) groups is 1. The van der Waals surface area contributed by atoms with Gasteiger partial charge in [-0.25, -0.2) is 4.98 Å². The Labute approximate surface area is 227 Å². The third kappa shape index (κ3) is 7.27. The third-order valence-corrected chi connectivity index (χ3v) is 8.34. The maximum Gasteiger partial charge on any atom is 2.00 e. The quantitative estimate of drug-likeness (QED) is 0.205. The fourth-order valence-electron chi connectivity index (χ4n) is 3.61. The van der Waals surface area contributed by atoms with Gasteiger partial charge in [-0.15, -0.1) is 6.54 Å². The minimum absolute atomic E-state index is 0. The molecule has 1 aromatic rings. The van der Waals surface area contributed by atoms with Crippen molar-refractivity contribution >= 4 is 31.7 Å². The van der Waals surface area contributed by atoms with Gasteiger partial charge in [0.2, 0.25) is 0 Å². The number of alkyl halides is 1. The Hall–Kier alpha value is 0.462. The molecule has 2 aliphatic heterocycles. The first-order chi connectivity index (χ1) is 15.3. The Bertz CT molecular complexity index is 973. The summed E-state index contributed by atoms with van der Waals surface area (Å²) in [6.45, 7) is 1.85. The van der Waals surface area contributed by atoms with E-state index in [1.165, 1.54) is 39.7 Å². The maximum absolute atomic E-state index is 14.3. The van der Waals surface area contributed by atoms with Crippen molar-refractivity contribution in [2.75, 3.05) is 19.8 Å². The molecule has 1 aromatic heterocycles. The summed E-state index contributed by atoms with van der Waals surface area (Å²) < 4.78 is 38.5. The van der Waals surface area contributed by atoms with E-state index in [9.17, 15) is 19.2 Å². The molecule has 3 heterocycles. The summed E-state index contributed by atoms with van der Waals surface area (Å²) in [5.41, 5.74) is 0.751. The zero-order valence-electron chi connectivity index (χ0n) is 19.1. The number of hydrogen-bond acceptors (Lipinski definition) is 9. The number of aliphatic hydroxyl groups is 1. The number of ketones is 1. The maximum atomic E-state index is 14.3. The molecule has 2 aliphatic rings. The third-order valence-electron chi connectivity index (χ3n) is 5.33. The van der Waals surface area contributed by atoms with E-state index in [-0.39, 0.29) is 55.7 Å². The van der Waals surface area contributed by atoms with Crippen LogP contribution in [0.4, 0.5) is 4.39 Å². The molecule has 0 aromatic carbocycles. The van der Waals surface area contributed by atoms with Gasteiger partial charge in [0.05, 0.1) is 12.9 Å². The van der Waals surface area contributed by atoms with Gasteiger partial charge < -0.3 is 32.9 Å². The topological polar surface area (TPSA) is 148 Å². The standard InChI is InChI=1S/C18H29FN4O7P2S.U/c1-5-12(19)13-6-7-22-31(4,20)30-17-16(25)14(8-27-32(26,33)29-13)28-18(17)23-9-21-15(10(23)2)11(3)24;/h5-6,9,12-14,16-18,25H,7-8H2,1-4H3,(H2,20,22)(H,26,33);/q-2;+2/t12-,13-,14-,16-,17-,18-,31?,32?;/m1./s1. The average Bonchev–Trinajstić information content (AvgIpc) is 3.24. The van der Waals surface area contributed by atoms with Crippen LogP contribution < -0.4 is 5.09 Å². The average molecular weight is 764 g/mol. The summed E-state index contributed by atoms with van der Waals surface area (Å²) in [6, 6.07) is 0. The molecule has 0 amide bonds. The van der Waals surface area contributed by atoms with Crippen LogP contribution in [0.1, 0.15) is 36.3 Å². The predicted molar refractivity (Wildman–Crippen MR) is 122 cm³/mol. The second kappa shape index (κ2) is 12.3. The van der Waals surface area contributed by atoms with Crippen LogP contribution >= 0.6 is 14.2 Å². The van der Waals surface area contributed by atoms with E-state index in [1.807, 2.05) is 0 Å². The SMILES string of the molecule is C[CH-][C@@H](F)[C@H]1[CH-]CNP(C)(=N)O[C@@H]2[C@H](O)[C@@H](COP(O)(=S)O1)O[C@H]2n1cnc(C(C)=O)c1C.[U+2]. The summed E-state index contributed by atoms with van der Waals surface area (Å²) in [7, 11) is -3.05. The largest absolute Gasteiger partial charge is 2.00 e. The molecular weight excluding hydrogens is 735 g/mol. The van der Waals surface area contributed by atoms with Gasteiger partial charge in [0.25, 0.3) is 0 Å². The van der Waals surface area contributed by atoms with Crippen LogP contribution in [0.3, 0.4) is 0 Å². The monoisotopic (exact) mass is 764 g/mol.